The molecule has 0 aromatic heterocycles. The van der Waals surface area contributed by atoms with Crippen molar-refractivity contribution in [3.05, 3.63) is 60.2 Å². The van der Waals surface area contributed by atoms with E-state index in [1.807, 2.05) is 70.5 Å². The van der Waals surface area contributed by atoms with Crippen molar-refractivity contribution in [1.82, 2.24) is 14.7 Å². The van der Waals surface area contributed by atoms with Gasteiger partial charge >= 0.3 is 6.03 Å². The topological polar surface area (TPSA) is 77.9 Å². The number of urea groups is 1. The SMILES string of the molecule is COc1ccc(OC)c(N2CCN3C2=NC2C3C(=O)N(C/C=C/c3ccccc3)C(=O)N2C)c1. The molecule has 0 radical (unpaired) electrons. The average Bonchev–Trinajstić information content (AvgIpc) is 3.44. The molecule has 3 amide bonds. The maximum absolute atomic E-state index is 13.5. The molecule has 0 N–H and O–H groups in total. The number of imide groups is 1. The van der Waals surface area contributed by atoms with Gasteiger partial charge in [-0.3, -0.25) is 9.69 Å². The van der Waals surface area contributed by atoms with Crippen LogP contribution in [0.15, 0.2) is 59.6 Å². The fourth-order valence-electron chi connectivity index (χ4n) is 4.70. The van der Waals surface area contributed by atoms with Crippen molar-refractivity contribution >= 4 is 29.7 Å². The molecule has 3 heterocycles. The van der Waals surface area contributed by atoms with Crippen LogP contribution in [0.3, 0.4) is 0 Å². The number of benzene rings is 2. The number of guanidine groups is 1. The van der Waals surface area contributed by atoms with Crippen molar-refractivity contribution in [3.63, 3.8) is 0 Å². The molecule has 0 spiro atoms. The van der Waals surface area contributed by atoms with E-state index in [0.29, 0.717) is 30.5 Å². The van der Waals surface area contributed by atoms with Gasteiger partial charge in [0.1, 0.15) is 11.5 Å². The zero-order valence-corrected chi connectivity index (χ0v) is 19.4. The van der Waals surface area contributed by atoms with Crippen LogP contribution in [-0.4, -0.2) is 85.7 Å². The van der Waals surface area contributed by atoms with Crippen LogP contribution in [0.2, 0.25) is 0 Å². The Morgan fingerprint density at radius 2 is 1.85 bits per heavy atom. The van der Waals surface area contributed by atoms with Crippen LogP contribution in [0.25, 0.3) is 6.08 Å². The second kappa shape index (κ2) is 8.74. The third kappa shape index (κ3) is 3.53. The van der Waals surface area contributed by atoms with Crippen LogP contribution >= 0.6 is 0 Å². The minimum atomic E-state index is -0.566. The molecule has 2 saturated heterocycles. The number of likely N-dealkylation sites (N-methyl/N-ethyl adjacent to an activating group) is 1. The lowest BCUT2D eigenvalue weighted by atomic mass is 10.1. The minimum absolute atomic E-state index is 0.205. The molecule has 3 aliphatic rings. The molecule has 3 aliphatic heterocycles. The van der Waals surface area contributed by atoms with E-state index in [0.717, 1.165) is 11.3 Å². The molecule has 34 heavy (non-hydrogen) atoms. The van der Waals surface area contributed by atoms with E-state index in [2.05, 4.69) is 0 Å². The van der Waals surface area contributed by atoms with Crippen molar-refractivity contribution < 1.29 is 19.1 Å². The third-order valence-corrected chi connectivity index (χ3v) is 6.45. The van der Waals surface area contributed by atoms with Crippen molar-refractivity contribution in [3.8, 4) is 11.5 Å². The number of carbonyl (C=O) groups is 2. The van der Waals surface area contributed by atoms with Gasteiger partial charge in [0.2, 0.25) is 5.96 Å². The third-order valence-electron chi connectivity index (χ3n) is 6.45. The summed E-state index contributed by atoms with van der Waals surface area (Å²) in [5, 5.41) is 0. The van der Waals surface area contributed by atoms with E-state index in [-0.39, 0.29) is 18.5 Å². The minimum Gasteiger partial charge on any atom is -0.497 e. The quantitative estimate of drug-likeness (QED) is 0.658. The molecule has 0 bridgehead atoms. The van der Waals surface area contributed by atoms with Gasteiger partial charge in [0, 0.05) is 32.7 Å². The van der Waals surface area contributed by atoms with Gasteiger partial charge in [-0.25, -0.2) is 9.79 Å². The Kier molecular flexibility index (Phi) is 5.61. The summed E-state index contributed by atoms with van der Waals surface area (Å²) in [5.74, 6) is 1.81. The highest BCUT2D eigenvalue weighted by Crippen LogP contribution is 2.38. The Bertz CT molecular complexity index is 1170. The summed E-state index contributed by atoms with van der Waals surface area (Å²) in [7, 11) is 4.93. The fourth-order valence-corrected chi connectivity index (χ4v) is 4.70. The molecule has 2 unspecified atom stereocenters. The number of nitrogens with zero attached hydrogens (tertiary/aromatic N) is 5. The maximum atomic E-state index is 13.5. The molecule has 2 aromatic carbocycles. The van der Waals surface area contributed by atoms with Crippen LogP contribution in [-0.2, 0) is 4.79 Å². The zero-order valence-electron chi connectivity index (χ0n) is 19.4. The van der Waals surface area contributed by atoms with Crippen molar-refractivity contribution in [1.29, 1.82) is 0 Å². The van der Waals surface area contributed by atoms with Crippen LogP contribution in [0.1, 0.15) is 5.56 Å². The Balaban J connectivity index is 1.40. The monoisotopic (exact) mass is 461 g/mol. The highest BCUT2D eigenvalue weighted by Gasteiger charge is 2.54. The fraction of sp³-hybridized carbons (Fsp3) is 0.320. The molecule has 0 aliphatic carbocycles. The van der Waals surface area contributed by atoms with Gasteiger partial charge in [0.25, 0.3) is 5.91 Å². The number of hydrogen-bond donors (Lipinski definition) is 0. The van der Waals surface area contributed by atoms with E-state index < -0.39 is 12.2 Å². The summed E-state index contributed by atoms with van der Waals surface area (Å²) in [5.41, 5.74) is 1.82. The summed E-state index contributed by atoms with van der Waals surface area (Å²) >= 11 is 0. The Morgan fingerprint density at radius 3 is 2.59 bits per heavy atom. The molecular formula is C25H27N5O4. The van der Waals surface area contributed by atoms with Crippen LogP contribution in [0.4, 0.5) is 10.5 Å². The number of anilines is 1. The number of hydrogen-bond acceptors (Lipinski definition) is 7. The van der Waals surface area contributed by atoms with Crippen molar-refractivity contribution in [2.24, 2.45) is 4.99 Å². The second-order valence-electron chi connectivity index (χ2n) is 8.33. The average molecular weight is 462 g/mol. The summed E-state index contributed by atoms with van der Waals surface area (Å²) in [4.78, 5) is 38.2. The first-order valence-electron chi connectivity index (χ1n) is 11.2. The summed E-state index contributed by atoms with van der Waals surface area (Å²) in [6.07, 6.45) is 3.19. The lowest BCUT2D eigenvalue weighted by Crippen LogP contribution is -2.64. The van der Waals surface area contributed by atoms with Gasteiger partial charge < -0.3 is 24.2 Å². The zero-order chi connectivity index (χ0) is 23.8. The van der Waals surface area contributed by atoms with Gasteiger partial charge in [-0.05, 0) is 17.7 Å². The van der Waals surface area contributed by atoms with Gasteiger partial charge in [0.05, 0.1) is 19.9 Å². The number of amides is 3. The predicted molar refractivity (Wildman–Crippen MR) is 129 cm³/mol. The highest BCUT2D eigenvalue weighted by molar-refractivity contribution is 6.08. The Morgan fingerprint density at radius 1 is 1.06 bits per heavy atom. The second-order valence-corrected chi connectivity index (χ2v) is 8.33. The first-order chi connectivity index (χ1) is 16.5. The number of methoxy groups -OCH3 is 2. The Labute approximate surface area is 198 Å². The number of ether oxygens (including phenoxy) is 2. The summed E-state index contributed by atoms with van der Waals surface area (Å²) in [6, 6.07) is 14.5. The molecule has 176 valence electrons. The number of carbonyl (C=O) groups excluding carboxylic acids is 2. The van der Waals surface area contributed by atoms with E-state index in [1.165, 1.54) is 4.90 Å². The molecule has 9 heteroatoms. The Hall–Kier alpha value is -4.01. The van der Waals surface area contributed by atoms with Gasteiger partial charge in [0.15, 0.2) is 12.2 Å². The molecule has 0 saturated carbocycles. The predicted octanol–water partition coefficient (Wildman–Crippen LogP) is 2.50. The first-order valence-corrected chi connectivity index (χ1v) is 11.2. The van der Waals surface area contributed by atoms with E-state index in [4.69, 9.17) is 14.5 Å². The smallest absolute Gasteiger partial charge is 0.328 e. The van der Waals surface area contributed by atoms with Crippen LogP contribution in [0.5, 0.6) is 11.5 Å². The van der Waals surface area contributed by atoms with Crippen LogP contribution in [0, 0.1) is 0 Å². The molecular weight excluding hydrogens is 434 g/mol. The van der Waals surface area contributed by atoms with Gasteiger partial charge in [-0.15, -0.1) is 0 Å². The largest absolute Gasteiger partial charge is 0.497 e. The van der Waals surface area contributed by atoms with Gasteiger partial charge in [-0.2, -0.15) is 0 Å². The molecule has 2 aromatic rings. The maximum Gasteiger partial charge on any atom is 0.328 e. The molecule has 5 rings (SSSR count). The lowest BCUT2D eigenvalue weighted by Gasteiger charge is -2.40. The van der Waals surface area contributed by atoms with Crippen molar-refractivity contribution in [2.45, 2.75) is 12.2 Å². The number of aliphatic imine (C=N–C) groups is 1. The first kappa shape index (κ1) is 21.8. The van der Waals surface area contributed by atoms with E-state index in [9.17, 15) is 9.59 Å². The van der Waals surface area contributed by atoms with Gasteiger partial charge in [-0.1, -0.05) is 42.5 Å². The summed E-state index contributed by atoms with van der Waals surface area (Å²) < 4.78 is 11.0. The summed E-state index contributed by atoms with van der Waals surface area (Å²) in [6.45, 7) is 1.46. The lowest BCUT2D eigenvalue weighted by molar-refractivity contribution is -0.136. The molecule has 2 fully saturated rings. The molecule has 9 nitrogen and oxygen atoms in total. The standard InChI is InChI=1S/C25H27N5O4/c1-27-22-21(23(31)30(25(27)32)13-7-10-17-8-5-4-6-9-17)29-15-14-28(24(29)26-22)19-16-18(33-2)11-12-20(19)34-3/h4-12,16,21-22H,13-15H2,1-3H3/b10-7+. The van der Waals surface area contributed by atoms with Crippen LogP contribution < -0.4 is 14.4 Å². The number of rotatable bonds is 6. The van der Waals surface area contributed by atoms with E-state index >= 15 is 0 Å². The van der Waals surface area contributed by atoms with Crippen molar-refractivity contribution in [2.75, 3.05) is 45.8 Å². The molecule has 2 atom stereocenters. The normalized spacial score (nSPS) is 21.8. The highest BCUT2D eigenvalue weighted by atomic mass is 16.5. The van der Waals surface area contributed by atoms with E-state index in [1.54, 1.807) is 26.2 Å². The number of fused-ring (bicyclic) bond motifs is 3.